The van der Waals surface area contributed by atoms with Crippen molar-refractivity contribution in [2.45, 2.75) is 0 Å². The van der Waals surface area contributed by atoms with Crippen molar-refractivity contribution in [1.82, 2.24) is 9.97 Å². The van der Waals surface area contributed by atoms with E-state index in [1.807, 2.05) is 18.2 Å². The number of nitrogens with two attached hydrogens (primary N) is 2. The number of anilines is 1. The summed E-state index contributed by atoms with van der Waals surface area (Å²) < 4.78 is 0. The standard InChI is InChI=1S/C9H9N4S/c10-5-6-1-2-8(14-6)7-3-4-12-9(11)13-7/h1-5H,10H2,(H2,11,12,13). The minimum absolute atomic E-state index is 0.286. The van der Waals surface area contributed by atoms with Gasteiger partial charge in [0.2, 0.25) is 5.95 Å². The van der Waals surface area contributed by atoms with E-state index in [-0.39, 0.29) is 5.95 Å². The second-order valence-corrected chi connectivity index (χ2v) is 3.78. The molecule has 0 unspecified atom stereocenters. The molecule has 0 saturated heterocycles. The normalized spacial score (nSPS) is 10.4. The molecule has 14 heavy (non-hydrogen) atoms. The van der Waals surface area contributed by atoms with Crippen LogP contribution in [0.5, 0.6) is 0 Å². The third-order valence-electron chi connectivity index (χ3n) is 1.72. The average Bonchev–Trinajstić information content (AvgIpc) is 2.66. The summed E-state index contributed by atoms with van der Waals surface area (Å²) in [6.45, 7) is 1.57. The van der Waals surface area contributed by atoms with Gasteiger partial charge in [-0.1, -0.05) is 0 Å². The number of rotatable bonds is 2. The SMILES string of the molecule is N[CH]c1ccc(-c2ccnc(N)n2)s1. The van der Waals surface area contributed by atoms with Crippen molar-refractivity contribution in [2.24, 2.45) is 5.73 Å². The molecule has 0 spiro atoms. The van der Waals surface area contributed by atoms with Gasteiger partial charge >= 0.3 is 0 Å². The molecular weight excluding hydrogens is 196 g/mol. The molecule has 2 aromatic heterocycles. The van der Waals surface area contributed by atoms with Crippen LogP contribution < -0.4 is 11.5 Å². The van der Waals surface area contributed by atoms with Crippen molar-refractivity contribution in [3.63, 3.8) is 0 Å². The van der Waals surface area contributed by atoms with Crippen LogP contribution in [0.1, 0.15) is 4.88 Å². The molecule has 0 amide bonds. The highest BCUT2D eigenvalue weighted by Crippen LogP contribution is 2.26. The Morgan fingerprint density at radius 3 is 2.79 bits per heavy atom. The lowest BCUT2D eigenvalue weighted by Gasteiger charge is -1.96. The highest BCUT2D eigenvalue weighted by atomic mass is 32.1. The lowest BCUT2D eigenvalue weighted by molar-refractivity contribution is 1.19. The van der Waals surface area contributed by atoms with Gasteiger partial charge in [0.05, 0.1) is 17.1 Å². The summed E-state index contributed by atoms with van der Waals surface area (Å²) in [6.07, 6.45) is 1.64. The number of hydrogen-bond acceptors (Lipinski definition) is 5. The van der Waals surface area contributed by atoms with Gasteiger partial charge < -0.3 is 11.5 Å². The third-order valence-corrected chi connectivity index (χ3v) is 2.79. The van der Waals surface area contributed by atoms with Crippen molar-refractivity contribution >= 4 is 17.3 Å². The Kier molecular flexibility index (Phi) is 2.43. The fourth-order valence-electron chi connectivity index (χ4n) is 1.09. The van der Waals surface area contributed by atoms with E-state index in [1.54, 1.807) is 24.1 Å². The summed E-state index contributed by atoms with van der Waals surface area (Å²) >= 11 is 1.57. The highest BCUT2D eigenvalue weighted by Gasteiger charge is 2.03. The van der Waals surface area contributed by atoms with Crippen molar-refractivity contribution in [1.29, 1.82) is 0 Å². The molecular formula is C9H9N4S. The van der Waals surface area contributed by atoms with Crippen LogP contribution in [-0.2, 0) is 0 Å². The molecule has 0 bridgehead atoms. The van der Waals surface area contributed by atoms with Gasteiger partial charge in [0, 0.05) is 11.1 Å². The second-order valence-electron chi connectivity index (χ2n) is 2.67. The first kappa shape index (κ1) is 9.11. The Morgan fingerprint density at radius 1 is 1.29 bits per heavy atom. The molecule has 2 heterocycles. The van der Waals surface area contributed by atoms with E-state index >= 15 is 0 Å². The zero-order valence-electron chi connectivity index (χ0n) is 7.34. The fourth-order valence-corrected chi connectivity index (χ4v) is 1.90. The predicted molar refractivity (Wildman–Crippen MR) is 57.3 cm³/mol. The maximum Gasteiger partial charge on any atom is 0.220 e. The van der Waals surface area contributed by atoms with Gasteiger partial charge in [-0.3, -0.25) is 0 Å². The fraction of sp³-hybridized carbons (Fsp3) is 0. The van der Waals surface area contributed by atoms with E-state index in [2.05, 4.69) is 9.97 Å². The lowest BCUT2D eigenvalue weighted by Crippen LogP contribution is -1.94. The van der Waals surface area contributed by atoms with Crippen LogP contribution in [0.25, 0.3) is 10.6 Å². The number of thiophene rings is 1. The largest absolute Gasteiger partial charge is 0.368 e. The zero-order chi connectivity index (χ0) is 9.97. The molecule has 2 aromatic rings. The molecule has 0 aliphatic carbocycles. The van der Waals surface area contributed by atoms with Crippen molar-refractivity contribution in [3.8, 4) is 10.6 Å². The quantitative estimate of drug-likeness (QED) is 0.773. The van der Waals surface area contributed by atoms with E-state index in [0.717, 1.165) is 15.4 Å². The van der Waals surface area contributed by atoms with Crippen LogP contribution >= 0.6 is 11.3 Å². The molecule has 4 N–H and O–H groups in total. The minimum atomic E-state index is 0.286. The molecule has 0 aromatic carbocycles. The molecule has 5 heteroatoms. The first-order chi connectivity index (χ1) is 6.79. The topological polar surface area (TPSA) is 77.8 Å². The first-order valence-corrected chi connectivity index (χ1v) is 4.85. The first-order valence-electron chi connectivity index (χ1n) is 4.03. The van der Waals surface area contributed by atoms with E-state index < -0.39 is 0 Å². The zero-order valence-corrected chi connectivity index (χ0v) is 8.16. The minimum Gasteiger partial charge on any atom is -0.368 e. The molecule has 71 valence electrons. The summed E-state index contributed by atoms with van der Waals surface area (Å²) in [6, 6.07) is 5.73. The smallest absolute Gasteiger partial charge is 0.220 e. The molecule has 0 fully saturated rings. The summed E-state index contributed by atoms with van der Waals surface area (Å²) in [5.41, 5.74) is 11.7. The van der Waals surface area contributed by atoms with Gasteiger partial charge in [-0.05, 0) is 18.2 Å². The molecule has 0 atom stereocenters. The van der Waals surface area contributed by atoms with E-state index in [1.165, 1.54) is 0 Å². The van der Waals surface area contributed by atoms with Crippen LogP contribution in [-0.4, -0.2) is 9.97 Å². The Balaban J connectivity index is 2.39. The van der Waals surface area contributed by atoms with Crippen LogP contribution in [0.2, 0.25) is 0 Å². The highest BCUT2D eigenvalue weighted by molar-refractivity contribution is 7.15. The number of nitrogen functional groups attached to an aromatic ring is 1. The molecule has 4 nitrogen and oxygen atoms in total. The van der Waals surface area contributed by atoms with Gasteiger partial charge in [-0.2, -0.15) is 0 Å². The van der Waals surface area contributed by atoms with Crippen molar-refractivity contribution in [3.05, 3.63) is 35.8 Å². The molecule has 0 aliphatic heterocycles. The molecule has 1 radical (unpaired) electrons. The van der Waals surface area contributed by atoms with Gasteiger partial charge in [0.25, 0.3) is 0 Å². The Hall–Kier alpha value is -1.46. The Morgan fingerprint density at radius 2 is 2.14 bits per heavy atom. The van der Waals surface area contributed by atoms with Crippen LogP contribution in [0.4, 0.5) is 5.95 Å². The van der Waals surface area contributed by atoms with Crippen LogP contribution in [0.15, 0.2) is 24.4 Å². The summed E-state index contributed by atoms with van der Waals surface area (Å²) in [4.78, 5) is 9.99. The monoisotopic (exact) mass is 205 g/mol. The molecule has 2 rings (SSSR count). The maximum absolute atomic E-state index is 5.49. The van der Waals surface area contributed by atoms with Crippen LogP contribution in [0.3, 0.4) is 0 Å². The van der Waals surface area contributed by atoms with Gasteiger partial charge in [-0.25, -0.2) is 9.97 Å². The third kappa shape index (κ3) is 1.73. The lowest BCUT2D eigenvalue weighted by atomic mass is 10.3. The predicted octanol–water partition coefficient (Wildman–Crippen LogP) is 1.26. The van der Waals surface area contributed by atoms with Crippen molar-refractivity contribution in [2.75, 3.05) is 5.73 Å². The summed E-state index contributed by atoms with van der Waals surface area (Å²) in [5, 5.41) is 0. The Bertz CT molecular complexity index is 438. The van der Waals surface area contributed by atoms with Crippen LogP contribution in [0, 0.1) is 6.54 Å². The summed E-state index contributed by atoms with van der Waals surface area (Å²) in [5.74, 6) is 0.286. The molecule has 0 aliphatic rings. The summed E-state index contributed by atoms with van der Waals surface area (Å²) in [7, 11) is 0. The number of nitrogens with zero attached hydrogens (tertiary/aromatic N) is 2. The second kappa shape index (κ2) is 3.73. The van der Waals surface area contributed by atoms with Gasteiger partial charge in [0.1, 0.15) is 0 Å². The average molecular weight is 205 g/mol. The van der Waals surface area contributed by atoms with E-state index in [9.17, 15) is 0 Å². The van der Waals surface area contributed by atoms with Gasteiger partial charge in [0.15, 0.2) is 0 Å². The number of hydrogen-bond donors (Lipinski definition) is 2. The molecule has 0 saturated carbocycles. The number of aromatic nitrogens is 2. The van der Waals surface area contributed by atoms with E-state index in [0.29, 0.717) is 0 Å². The maximum atomic E-state index is 5.49. The van der Waals surface area contributed by atoms with E-state index in [4.69, 9.17) is 11.5 Å². The van der Waals surface area contributed by atoms with Gasteiger partial charge in [-0.15, -0.1) is 11.3 Å². The Labute approximate surface area is 85.6 Å². The van der Waals surface area contributed by atoms with Crippen molar-refractivity contribution < 1.29 is 0 Å².